The van der Waals surface area contributed by atoms with E-state index in [1.807, 2.05) is 4.90 Å². The summed E-state index contributed by atoms with van der Waals surface area (Å²) in [7, 11) is 0. The average Bonchev–Trinajstić information content (AvgIpc) is 2.94. The number of likely N-dealkylation sites (tertiary alicyclic amines) is 2. The Morgan fingerprint density at radius 1 is 1.33 bits per heavy atom. The van der Waals surface area contributed by atoms with Crippen molar-refractivity contribution in [2.24, 2.45) is 22.7 Å². The van der Waals surface area contributed by atoms with Gasteiger partial charge in [-0.2, -0.15) is 5.26 Å². The third-order valence-corrected chi connectivity index (χ3v) is 6.63. The molecule has 1 aromatic rings. The lowest BCUT2D eigenvalue weighted by Gasteiger charge is -2.49. The number of rotatable bonds is 2. The number of aromatic nitrogens is 1. The Kier molecular flexibility index (Phi) is 3.26. The van der Waals surface area contributed by atoms with Crippen molar-refractivity contribution in [2.75, 3.05) is 26.2 Å². The highest BCUT2D eigenvalue weighted by Gasteiger charge is 2.60. The summed E-state index contributed by atoms with van der Waals surface area (Å²) in [5.41, 5.74) is 1.52. The normalized spacial score (nSPS) is 29.2. The van der Waals surface area contributed by atoms with E-state index in [1.165, 1.54) is 11.3 Å². The molecular formula is C17H20N4O2S. The summed E-state index contributed by atoms with van der Waals surface area (Å²) < 4.78 is 0. The van der Waals surface area contributed by atoms with Gasteiger partial charge in [0.15, 0.2) is 0 Å². The topological polar surface area (TPSA) is 77.3 Å². The highest BCUT2D eigenvalue weighted by Crippen LogP contribution is 2.54. The van der Waals surface area contributed by atoms with Gasteiger partial charge in [-0.25, -0.2) is 0 Å². The molecule has 0 N–H and O–H groups in total. The first-order valence-electron chi connectivity index (χ1n) is 8.22. The fraction of sp³-hybridized carbons (Fsp3) is 0.647. The summed E-state index contributed by atoms with van der Waals surface area (Å²) in [6, 6.07) is 2.36. The standard InChI is InChI=1S/C17H20N4O2S/c1-16(2)3-12(16)14(22)21-8-17(9-21)7-20(6-11(17)4-18)15(23)13-5-19-10-24-13/h5,10-12H,3,6-9H2,1-2H3/t11?,12-/m1/s1. The minimum atomic E-state index is -0.246. The molecular weight excluding hydrogens is 324 g/mol. The molecule has 1 unspecified atom stereocenters. The van der Waals surface area contributed by atoms with Gasteiger partial charge >= 0.3 is 0 Å². The van der Waals surface area contributed by atoms with Crippen molar-refractivity contribution in [3.05, 3.63) is 16.6 Å². The first-order chi connectivity index (χ1) is 11.4. The molecule has 3 heterocycles. The maximum Gasteiger partial charge on any atom is 0.265 e. The molecule has 2 saturated heterocycles. The van der Waals surface area contributed by atoms with Crippen LogP contribution in [-0.2, 0) is 4.79 Å². The van der Waals surface area contributed by atoms with Gasteiger partial charge in [0.1, 0.15) is 4.88 Å². The number of thiazole rings is 1. The van der Waals surface area contributed by atoms with Crippen molar-refractivity contribution < 1.29 is 9.59 Å². The van der Waals surface area contributed by atoms with E-state index >= 15 is 0 Å². The Balaban J connectivity index is 1.44. The molecule has 0 bridgehead atoms. The Morgan fingerprint density at radius 3 is 2.54 bits per heavy atom. The summed E-state index contributed by atoms with van der Waals surface area (Å²) in [6.07, 6.45) is 2.53. The second-order valence-electron chi connectivity index (χ2n) is 8.04. The molecule has 0 radical (unpaired) electrons. The highest BCUT2D eigenvalue weighted by atomic mass is 32.1. The van der Waals surface area contributed by atoms with Crippen LogP contribution in [0.3, 0.4) is 0 Å². The summed E-state index contributed by atoms with van der Waals surface area (Å²) in [5.74, 6) is 0.0922. The minimum absolute atomic E-state index is 0.0530. The van der Waals surface area contributed by atoms with Crippen LogP contribution in [0, 0.1) is 34.0 Å². The predicted octanol–water partition coefficient (Wildman–Crippen LogP) is 1.61. The monoisotopic (exact) mass is 344 g/mol. The van der Waals surface area contributed by atoms with Crippen LogP contribution in [0.25, 0.3) is 0 Å². The molecule has 1 aliphatic carbocycles. The SMILES string of the molecule is CC1(C)C[C@@H]1C(=O)N1CC2(CN(C(=O)c3cncs3)CC2C#N)C1. The van der Waals surface area contributed by atoms with Gasteiger partial charge in [0.25, 0.3) is 5.91 Å². The lowest BCUT2D eigenvalue weighted by molar-refractivity contribution is -0.146. The third kappa shape index (κ3) is 2.24. The maximum absolute atomic E-state index is 12.5. The molecule has 3 fully saturated rings. The maximum atomic E-state index is 12.5. The molecule has 1 saturated carbocycles. The van der Waals surface area contributed by atoms with Crippen LogP contribution in [0.2, 0.25) is 0 Å². The van der Waals surface area contributed by atoms with Gasteiger partial charge in [-0.05, 0) is 11.8 Å². The molecule has 7 heteroatoms. The average molecular weight is 344 g/mol. The van der Waals surface area contributed by atoms with Crippen molar-refractivity contribution >= 4 is 23.2 Å². The number of carbonyl (C=O) groups is 2. The van der Waals surface area contributed by atoms with E-state index in [0.29, 0.717) is 31.1 Å². The fourth-order valence-corrected chi connectivity index (χ4v) is 4.66. The number of nitriles is 1. The van der Waals surface area contributed by atoms with Crippen LogP contribution in [0.4, 0.5) is 0 Å². The summed E-state index contributed by atoms with van der Waals surface area (Å²) in [6.45, 7) is 6.44. The van der Waals surface area contributed by atoms with Gasteiger partial charge in [0, 0.05) is 37.5 Å². The fourth-order valence-electron chi connectivity index (χ4n) is 4.08. The molecule has 1 spiro atoms. The number of hydrogen-bond donors (Lipinski definition) is 0. The highest BCUT2D eigenvalue weighted by molar-refractivity contribution is 7.11. The molecule has 126 valence electrons. The number of nitrogens with zero attached hydrogens (tertiary/aromatic N) is 4. The molecule has 24 heavy (non-hydrogen) atoms. The van der Waals surface area contributed by atoms with Crippen LogP contribution >= 0.6 is 11.3 Å². The van der Waals surface area contributed by atoms with Crippen molar-refractivity contribution in [1.82, 2.24) is 14.8 Å². The van der Waals surface area contributed by atoms with Crippen molar-refractivity contribution in [1.29, 1.82) is 5.26 Å². The van der Waals surface area contributed by atoms with Crippen molar-refractivity contribution in [3.63, 3.8) is 0 Å². The minimum Gasteiger partial charge on any atom is -0.341 e. The first-order valence-corrected chi connectivity index (χ1v) is 9.10. The number of hydrogen-bond acceptors (Lipinski definition) is 5. The first kappa shape index (κ1) is 15.6. The van der Waals surface area contributed by atoms with Crippen LogP contribution in [0.15, 0.2) is 11.7 Å². The zero-order valence-electron chi connectivity index (χ0n) is 13.9. The van der Waals surface area contributed by atoms with Crippen LogP contribution < -0.4 is 0 Å². The Bertz CT molecular complexity index is 730. The molecule has 2 atom stereocenters. The van der Waals surface area contributed by atoms with E-state index in [9.17, 15) is 14.9 Å². The second kappa shape index (κ2) is 5.03. The van der Waals surface area contributed by atoms with Gasteiger partial charge < -0.3 is 9.80 Å². The molecule has 1 aromatic heterocycles. The Morgan fingerprint density at radius 2 is 2.00 bits per heavy atom. The largest absolute Gasteiger partial charge is 0.341 e. The van der Waals surface area contributed by atoms with E-state index in [1.54, 1.807) is 16.6 Å². The van der Waals surface area contributed by atoms with Crippen LogP contribution in [-0.4, -0.2) is 52.8 Å². The quantitative estimate of drug-likeness (QED) is 0.817. The van der Waals surface area contributed by atoms with E-state index in [-0.39, 0.29) is 34.5 Å². The lowest BCUT2D eigenvalue weighted by Crippen LogP contribution is -2.62. The van der Waals surface area contributed by atoms with E-state index in [2.05, 4.69) is 24.9 Å². The van der Waals surface area contributed by atoms with Crippen LogP contribution in [0.1, 0.15) is 29.9 Å². The summed E-state index contributed by atoms with van der Waals surface area (Å²) in [5, 5.41) is 9.53. The second-order valence-corrected chi connectivity index (χ2v) is 8.92. The summed E-state index contributed by atoms with van der Waals surface area (Å²) in [4.78, 5) is 33.2. The van der Waals surface area contributed by atoms with Gasteiger partial charge in [-0.15, -0.1) is 11.3 Å². The molecule has 6 nitrogen and oxygen atoms in total. The third-order valence-electron chi connectivity index (χ3n) is 5.87. The molecule has 2 aliphatic heterocycles. The number of amides is 2. The molecule has 3 aliphatic rings. The summed E-state index contributed by atoms with van der Waals surface area (Å²) >= 11 is 1.32. The lowest BCUT2D eigenvalue weighted by atomic mass is 9.72. The smallest absolute Gasteiger partial charge is 0.265 e. The van der Waals surface area contributed by atoms with Crippen molar-refractivity contribution in [3.8, 4) is 6.07 Å². The zero-order chi connectivity index (χ0) is 17.1. The Hall–Kier alpha value is -1.94. The predicted molar refractivity (Wildman–Crippen MR) is 88.0 cm³/mol. The molecule has 4 rings (SSSR count). The number of carbonyl (C=O) groups excluding carboxylic acids is 2. The van der Waals surface area contributed by atoms with Gasteiger partial charge in [-0.3, -0.25) is 14.6 Å². The van der Waals surface area contributed by atoms with Crippen molar-refractivity contribution in [2.45, 2.75) is 20.3 Å². The van der Waals surface area contributed by atoms with Gasteiger partial charge in [-0.1, -0.05) is 13.8 Å². The van der Waals surface area contributed by atoms with E-state index in [4.69, 9.17) is 0 Å². The van der Waals surface area contributed by atoms with Crippen LogP contribution in [0.5, 0.6) is 0 Å². The van der Waals surface area contributed by atoms with E-state index in [0.717, 1.165) is 6.42 Å². The zero-order valence-corrected chi connectivity index (χ0v) is 14.7. The van der Waals surface area contributed by atoms with E-state index < -0.39 is 0 Å². The van der Waals surface area contributed by atoms with Gasteiger partial charge in [0.05, 0.1) is 23.7 Å². The Labute approximate surface area is 145 Å². The van der Waals surface area contributed by atoms with Gasteiger partial charge in [0.2, 0.25) is 5.91 Å². The molecule has 2 amide bonds. The molecule has 0 aromatic carbocycles.